The molecule has 2 aliphatic heterocycles. The maximum Gasteiger partial charge on any atom is 0.0136 e. The Bertz CT molecular complexity index is 734. The van der Waals surface area contributed by atoms with Crippen molar-refractivity contribution in [3.05, 3.63) is 70.8 Å². The molecule has 0 amide bonds. The zero-order valence-electron chi connectivity index (χ0n) is 14.5. The molecule has 3 atom stereocenters. The second kappa shape index (κ2) is 6.04. The fourth-order valence-corrected chi connectivity index (χ4v) is 5.44. The van der Waals surface area contributed by atoms with E-state index in [1.165, 1.54) is 51.6 Å². The second-order valence-electron chi connectivity index (χ2n) is 8.16. The zero-order valence-corrected chi connectivity index (χ0v) is 14.5. The smallest absolute Gasteiger partial charge is 0.0136 e. The molecular weight excluding hydrogens is 290 g/mol. The second-order valence-corrected chi connectivity index (χ2v) is 8.16. The van der Waals surface area contributed by atoms with E-state index in [1.807, 2.05) is 0 Å². The normalized spacial score (nSPS) is 28.9. The van der Waals surface area contributed by atoms with Gasteiger partial charge in [-0.15, -0.1) is 0 Å². The first-order chi connectivity index (χ1) is 11.9. The van der Waals surface area contributed by atoms with Crippen molar-refractivity contribution in [2.24, 2.45) is 5.92 Å². The van der Waals surface area contributed by atoms with E-state index in [9.17, 15) is 0 Å². The predicted octanol–water partition coefficient (Wildman–Crippen LogP) is 4.60. The maximum absolute atomic E-state index is 2.86. The summed E-state index contributed by atoms with van der Waals surface area (Å²) in [5.74, 6) is 1.62. The van der Waals surface area contributed by atoms with Gasteiger partial charge in [-0.3, -0.25) is 4.90 Å². The molecule has 1 saturated heterocycles. The number of fused-ring (bicyclic) bond motifs is 3. The SMILES string of the molecule is c1ccc2c(c1)C[C@H]1CC[C@H](C2)N(CC2CCc3ccccc32)C1. The van der Waals surface area contributed by atoms with Crippen molar-refractivity contribution < 1.29 is 0 Å². The van der Waals surface area contributed by atoms with Gasteiger partial charge in [-0.05, 0) is 72.6 Å². The Hall–Kier alpha value is -1.60. The van der Waals surface area contributed by atoms with Gasteiger partial charge in [0.15, 0.2) is 0 Å². The summed E-state index contributed by atoms with van der Waals surface area (Å²) in [6, 6.07) is 19.1. The largest absolute Gasteiger partial charge is 0.299 e. The molecule has 24 heavy (non-hydrogen) atoms. The van der Waals surface area contributed by atoms with E-state index in [0.717, 1.165) is 17.9 Å². The van der Waals surface area contributed by atoms with E-state index in [-0.39, 0.29) is 0 Å². The lowest BCUT2D eigenvalue weighted by Gasteiger charge is -2.43. The predicted molar refractivity (Wildman–Crippen MR) is 99.4 cm³/mol. The lowest BCUT2D eigenvalue weighted by molar-refractivity contribution is 0.0941. The summed E-state index contributed by atoms with van der Waals surface area (Å²) < 4.78 is 0. The topological polar surface area (TPSA) is 3.24 Å². The van der Waals surface area contributed by atoms with Gasteiger partial charge in [-0.2, -0.15) is 0 Å². The molecule has 4 aliphatic rings. The standard InChI is InChI=1S/C23H27N/c1-2-7-20-14-22-12-9-17(13-19(20)6-1)15-24(22)16-21-11-10-18-5-3-4-8-23(18)21/h1-8,17,21-22H,9-16H2/t17-,21?,22-/m1/s1. The number of benzene rings is 2. The molecule has 2 aliphatic carbocycles. The highest BCUT2D eigenvalue weighted by Crippen LogP contribution is 2.37. The third-order valence-corrected chi connectivity index (χ3v) is 6.71. The maximum atomic E-state index is 2.86. The van der Waals surface area contributed by atoms with Gasteiger partial charge < -0.3 is 0 Å². The quantitative estimate of drug-likeness (QED) is 0.782. The number of nitrogens with zero attached hydrogens (tertiary/aromatic N) is 1. The number of hydrogen-bond donors (Lipinski definition) is 0. The highest BCUT2D eigenvalue weighted by Gasteiger charge is 2.34. The molecule has 2 aromatic carbocycles. The van der Waals surface area contributed by atoms with Crippen LogP contribution in [0.25, 0.3) is 0 Å². The van der Waals surface area contributed by atoms with Crippen molar-refractivity contribution in [2.75, 3.05) is 13.1 Å². The van der Waals surface area contributed by atoms with Crippen molar-refractivity contribution in [2.45, 2.75) is 50.5 Å². The Morgan fingerprint density at radius 3 is 2.42 bits per heavy atom. The van der Waals surface area contributed by atoms with Crippen LogP contribution in [0.5, 0.6) is 0 Å². The molecule has 1 fully saturated rings. The minimum absolute atomic E-state index is 0.760. The van der Waals surface area contributed by atoms with Gasteiger partial charge in [0.1, 0.15) is 0 Å². The summed E-state index contributed by atoms with van der Waals surface area (Å²) in [5, 5.41) is 0. The van der Waals surface area contributed by atoms with Crippen LogP contribution in [-0.4, -0.2) is 24.0 Å². The fourth-order valence-electron chi connectivity index (χ4n) is 5.44. The van der Waals surface area contributed by atoms with E-state index in [4.69, 9.17) is 0 Å². The number of piperidine rings is 1. The Morgan fingerprint density at radius 1 is 0.792 bits per heavy atom. The molecular formula is C23H27N. The molecule has 0 N–H and O–H groups in total. The van der Waals surface area contributed by atoms with Crippen LogP contribution in [0.4, 0.5) is 0 Å². The zero-order chi connectivity index (χ0) is 15.9. The van der Waals surface area contributed by atoms with Crippen molar-refractivity contribution in [3.8, 4) is 0 Å². The van der Waals surface area contributed by atoms with E-state index in [0.29, 0.717) is 0 Å². The van der Waals surface area contributed by atoms with Crippen LogP contribution in [0.1, 0.15) is 47.4 Å². The average molecular weight is 317 g/mol. The molecule has 0 radical (unpaired) electrons. The van der Waals surface area contributed by atoms with Crippen LogP contribution in [-0.2, 0) is 19.3 Å². The molecule has 2 bridgehead atoms. The fraction of sp³-hybridized carbons (Fsp3) is 0.478. The van der Waals surface area contributed by atoms with E-state index in [1.54, 1.807) is 22.3 Å². The average Bonchev–Trinajstić information content (AvgIpc) is 2.99. The molecule has 124 valence electrons. The van der Waals surface area contributed by atoms with Crippen molar-refractivity contribution in [1.82, 2.24) is 4.90 Å². The number of rotatable bonds is 2. The van der Waals surface area contributed by atoms with Gasteiger partial charge >= 0.3 is 0 Å². The highest BCUT2D eigenvalue weighted by molar-refractivity contribution is 5.35. The first-order valence-corrected chi connectivity index (χ1v) is 9.75. The van der Waals surface area contributed by atoms with Crippen LogP contribution in [0.15, 0.2) is 48.5 Å². The molecule has 1 nitrogen and oxygen atoms in total. The summed E-state index contributed by atoms with van der Waals surface area (Å²) >= 11 is 0. The van der Waals surface area contributed by atoms with Gasteiger partial charge in [0.2, 0.25) is 0 Å². The molecule has 0 aromatic heterocycles. The summed E-state index contributed by atoms with van der Waals surface area (Å²) in [7, 11) is 0. The van der Waals surface area contributed by atoms with Gasteiger partial charge in [0.25, 0.3) is 0 Å². The van der Waals surface area contributed by atoms with Crippen LogP contribution in [0.2, 0.25) is 0 Å². The van der Waals surface area contributed by atoms with Gasteiger partial charge in [0.05, 0.1) is 0 Å². The van der Waals surface area contributed by atoms with Gasteiger partial charge in [0, 0.05) is 19.1 Å². The summed E-state index contributed by atoms with van der Waals surface area (Å²) in [4.78, 5) is 2.86. The lowest BCUT2D eigenvalue weighted by Crippen LogP contribution is -2.48. The van der Waals surface area contributed by atoms with E-state index < -0.39 is 0 Å². The first-order valence-electron chi connectivity index (χ1n) is 9.75. The molecule has 1 heteroatoms. The molecule has 0 saturated carbocycles. The van der Waals surface area contributed by atoms with Crippen LogP contribution in [0, 0.1) is 5.92 Å². The summed E-state index contributed by atoms with van der Waals surface area (Å²) in [5.41, 5.74) is 6.47. The Labute approximate surface area is 145 Å². The van der Waals surface area contributed by atoms with E-state index in [2.05, 4.69) is 53.4 Å². The lowest BCUT2D eigenvalue weighted by atomic mass is 9.80. The third-order valence-electron chi connectivity index (χ3n) is 6.71. The highest BCUT2D eigenvalue weighted by atomic mass is 15.2. The van der Waals surface area contributed by atoms with Gasteiger partial charge in [-0.25, -0.2) is 0 Å². The van der Waals surface area contributed by atoms with Crippen molar-refractivity contribution >= 4 is 0 Å². The Balaban J connectivity index is 1.39. The number of aryl methyl sites for hydroxylation is 1. The number of hydrogen-bond acceptors (Lipinski definition) is 1. The molecule has 2 heterocycles. The summed E-state index contributed by atoms with van der Waals surface area (Å²) in [6.45, 7) is 2.60. The van der Waals surface area contributed by atoms with Crippen molar-refractivity contribution in [3.63, 3.8) is 0 Å². The van der Waals surface area contributed by atoms with Crippen LogP contribution in [0.3, 0.4) is 0 Å². The molecule has 0 spiro atoms. The Kier molecular flexibility index (Phi) is 3.70. The first kappa shape index (κ1) is 14.7. The van der Waals surface area contributed by atoms with Crippen molar-refractivity contribution in [1.29, 1.82) is 0 Å². The Morgan fingerprint density at radius 2 is 1.54 bits per heavy atom. The molecule has 2 aromatic rings. The molecule has 1 unspecified atom stereocenters. The van der Waals surface area contributed by atoms with Crippen LogP contribution < -0.4 is 0 Å². The third kappa shape index (κ3) is 2.59. The minimum atomic E-state index is 0.760. The summed E-state index contributed by atoms with van der Waals surface area (Å²) in [6.07, 6.45) is 8.01. The monoisotopic (exact) mass is 317 g/mol. The molecule has 6 rings (SSSR count). The minimum Gasteiger partial charge on any atom is -0.299 e. The van der Waals surface area contributed by atoms with Crippen LogP contribution >= 0.6 is 0 Å². The van der Waals surface area contributed by atoms with Gasteiger partial charge in [-0.1, -0.05) is 48.5 Å². The van der Waals surface area contributed by atoms with E-state index >= 15 is 0 Å².